The molecule has 0 atom stereocenters. The molecule has 0 N–H and O–H groups in total. The quantitative estimate of drug-likeness (QED) is 0.331. The van der Waals surface area contributed by atoms with E-state index in [0.717, 1.165) is 0 Å². The van der Waals surface area contributed by atoms with E-state index >= 15 is 0 Å². The van der Waals surface area contributed by atoms with Gasteiger partial charge in [-0.1, -0.05) is 48.5 Å². The third-order valence-corrected chi connectivity index (χ3v) is 5.67. The van der Waals surface area contributed by atoms with Crippen LogP contribution >= 0.6 is 0 Å². The van der Waals surface area contributed by atoms with Crippen molar-refractivity contribution < 1.29 is 18.3 Å². The number of benzene rings is 4. The summed E-state index contributed by atoms with van der Waals surface area (Å²) in [5.74, 6) is 0.269. The van der Waals surface area contributed by atoms with Gasteiger partial charge in [0.1, 0.15) is 60.3 Å². The van der Waals surface area contributed by atoms with E-state index in [1.54, 1.807) is 24.3 Å². The van der Waals surface area contributed by atoms with E-state index in [0.29, 0.717) is 21.9 Å². The van der Waals surface area contributed by atoms with Gasteiger partial charge in [0.15, 0.2) is 11.5 Å². The van der Waals surface area contributed by atoms with Gasteiger partial charge in [-0.15, -0.1) is 0 Å². The zero-order valence-electron chi connectivity index (χ0n) is 19.7. The highest BCUT2D eigenvalue weighted by molar-refractivity contribution is 5.96. The molecule has 4 rings (SSSR count). The van der Waals surface area contributed by atoms with Crippen molar-refractivity contribution in [3.05, 3.63) is 94.4 Å². The first kappa shape index (κ1) is 25.4. The van der Waals surface area contributed by atoms with Gasteiger partial charge in [-0.2, -0.15) is 21.0 Å². The Bertz CT molecular complexity index is 1650. The fourth-order valence-corrected chi connectivity index (χ4v) is 3.88. The summed E-state index contributed by atoms with van der Waals surface area (Å²) in [5.41, 5.74) is 0.228. The number of rotatable bonds is 6. The molecule has 0 unspecified atom stereocenters. The predicted octanol–water partition coefficient (Wildman–Crippen LogP) is 5.76. The fourth-order valence-electron chi connectivity index (χ4n) is 3.88. The van der Waals surface area contributed by atoms with Crippen molar-refractivity contribution in [3.8, 4) is 47.3 Å². The van der Waals surface area contributed by atoms with Gasteiger partial charge in [0, 0.05) is 0 Å². The highest BCUT2D eigenvalue weighted by Crippen LogP contribution is 2.33. The topological polar surface area (TPSA) is 114 Å². The van der Waals surface area contributed by atoms with Crippen molar-refractivity contribution in [1.29, 1.82) is 21.0 Å². The highest BCUT2D eigenvalue weighted by Gasteiger charge is 2.22. The molecule has 182 valence electrons. The minimum atomic E-state index is -0.682. The molecule has 0 amide bonds. The Hall–Kier alpha value is -5.70. The van der Waals surface area contributed by atoms with Gasteiger partial charge in [-0.3, -0.25) is 0 Å². The molecule has 0 heterocycles. The van der Waals surface area contributed by atoms with Crippen LogP contribution in [-0.4, -0.2) is 0 Å². The van der Waals surface area contributed by atoms with Crippen LogP contribution in [0, 0.1) is 45.3 Å². The number of fused-ring (bicyclic) bond motifs is 1. The van der Waals surface area contributed by atoms with E-state index in [2.05, 4.69) is 0 Å². The molecule has 0 aliphatic heterocycles. The molecular weight excluding hydrogens is 486 g/mol. The van der Waals surface area contributed by atoms with Crippen LogP contribution in [0.4, 0.5) is 8.78 Å². The van der Waals surface area contributed by atoms with Gasteiger partial charge in [0.2, 0.25) is 0 Å². The van der Waals surface area contributed by atoms with Crippen LogP contribution in [-0.2, 0) is 13.3 Å². The number of alkyl halides is 2. The molecule has 0 bridgehead atoms. The minimum Gasteiger partial charge on any atom is -0.453 e. The van der Waals surface area contributed by atoms with Gasteiger partial charge >= 0.3 is 0 Å². The molecule has 6 nitrogen and oxygen atoms in total. The number of nitriles is 4. The third-order valence-electron chi connectivity index (χ3n) is 5.67. The van der Waals surface area contributed by atoms with Crippen LogP contribution in [0.5, 0.6) is 23.0 Å². The smallest absolute Gasteiger partial charge is 0.180 e. The summed E-state index contributed by atoms with van der Waals surface area (Å²) in [6.45, 7) is -1.36. The predicted molar refractivity (Wildman–Crippen MR) is 135 cm³/mol. The van der Waals surface area contributed by atoms with Crippen molar-refractivity contribution in [2.45, 2.75) is 13.3 Å². The Kier molecular flexibility index (Phi) is 7.59. The Morgan fingerprint density at radius 1 is 0.553 bits per heavy atom. The molecule has 0 saturated carbocycles. The Morgan fingerprint density at radius 3 is 1.18 bits per heavy atom. The summed E-state index contributed by atoms with van der Waals surface area (Å²) in [5, 5.41) is 40.2. The van der Waals surface area contributed by atoms with Crippen LogP contribution in [0.1, 0.15) is 11.1 Å². The molecule has 4 aromatic rings. The van der Waals surface area contributed by atoms with Gasteiger partial charge in [-0.05, 0) is 46.2 Å². The number of hydrogen-bond donors (Lipinski definition) is 0. The number of halogens is 2. The van der Waals surface area contributed by atoms with E-state index in [4.69, 9.17) is 9.47 Å². The largest absolute Gasteiger partial charge is 0.453 e. The summed E-state index contributed by atoms with van der Waals surface area (Å²) in [4.78, 5) is 0. The zero-order chi connectivity index (χ0) is 27.1. The van der Waals surface area contributed by atoms with Gasteiger partial charge < -0.3 is 9.47 Å². The Balaban J connectivity index is 2.21. The van der Waals surface area contributed by atoms with Crippen molar-refractivity contribution >= 4 is 21.9 Å². The second-order valence-corrected chi connectivity index (χ2v) is 7.91. The lowest BCUT2D eigenvalue weighted by Gasteiger charge is -2.17. The molecule has 0 aliphatic carbocycles. The first-order chi connectivity index (χ1) is 18.6. The van der Waals surface area contributed by atoms with Crippen molar-refractivity contribution in [2.75, 3.05) is 0 Å². The van der Waals surface area contributed by atoms with Gasteiger partial charge in [0.05, 0.1) is 10.4 Å². The number of hydrogen-bond acceptors (Lipinski definition) is 6. The lowest BCUT2D eigenvalue weighted by atomic mass is 9.98. The van der Waals surface area contributed by atoms with E-state index in [9.17, 15) is 29.8 Å². The van der Waals surface area contributed by atoms with Gasteiger partial charge in [0.25, 0.3) is 0 Å². The standard InChI is InChI=1S/C30H16F2N4O2/c31-13-19-5-9-23(10-6-19)37-29-27(21(15-33)16-34)25-3-1-2-4-26(25)28(22(17-35)18-36)30(29)38-24-11-7-20(14-32)8-12-24/h1-12H,13-14H2. The minimum absolute atomic E-state index is 0.0922. The average Bonchev–Trinajstić information content (AvgIpc) is 2.97. The molecular formula is C30H16F2N4O2. The highest BCUT2D eigenvalue weighted by atomic mass is 19.1. The maximum atomic E-state index is 13.1. The third kappa shape index (κ3) is 4.84. The molecule has 38 heavy (non-hydrogen) atoms. The molecule has 0 radical (unpaired) electrons. The van der Waals surface area contributed by atoms with Crippen LogP contribution in [0.2, 0.25) is 0 Å². The fraction of sp³-hybridized carbons (Fsp3) is 0.0667. The van der Waals surface area contributed by atoms with Crippen molar-refractivity contribution in [3.63, 3.8) is 0 Å². The normalized spacial score (nSPS) is 9.95. The second kappa shape index (κ2) is 11.4. The second-order valence-electron chi connectivity index (χ2n) is 7.91. The van der Waals surface area contributed by atoms with Crippen molar-refractivity contribution in [1.82, 2.24) is 0 Å². The van der Waals surface area contributed by atoms with Crippen LogP contribution in [0.3, 0.4) is 0 Å². The molecule has 8 heteroatoms. The molecule has 0 aromatic heterocycles. The molecule has 0 aliphatic rings. The summed E-state index contributed by atoms with van der Waals surface area (Å²) in [6.07, 6.45) is 0. The zero-order valence-corrected chi connectivity index (χ0v) is 19.7. The molecule has 0 fully saturated rings. The lowest BCUT2D eigenvalue weighted by Crippen LogP contribution is -2.21. The molecule has 0 spiro atoms. The van der Waals surface area contributed by atoms with Crippen LogP contribution in [0.15, 0.2) is 72.8 Å². The Morgan fingerprint density at radius 2 is 0.895 bits per heavy atom. The number of ether oxygens (including phenoxy) is 2. The van der Waals surface area contributed by atoms with Crippen molar-refractivity contribution in [2.24, 2.45) is 0 Å². The summed E-state index contributed by atoms with van der Waals surface area (Å²) >= 11 is 0. The molecule has 4 aromatic carbocycles. The first-order valence-electron chi connectivity index (χ1n) is 11.2. The summed E-state index contributed by atoms with van der Waals surface area (Å²) in [6, 6.07) is 26.2. The van der Waals surface area contributed by atoms with E-state index in [-0.39, 0.29) is 44.6 Å². The van der Waals surface area contributed by atoms with Gasteiger partial charge in [-0.25, -0.2) is 8.78 Å². The van der Waals surface area contributed by atoms with Crippen LogP contribution < -0.4 is 19.9 Å². The number of nitrogens with zero attached hydrogens (tertiary/aromatic N) is 4. The first-order valence-corrected chi connectivity index (χ1v) is 11.2. The van der Waals surface area contributed by atoms with E-state index in [1.165, 1.54) is 48.5 Å². The Labute approximate surface area is 216 Å². The average molecular weight is 502 g/mol. The van der Waals surface area contributed by atoms with E-state index in [1.807, 2.05) is 24.3 Å². The SMILES string of the molecule is N#CC(C#N)=c1c(Oc2ccc(CF)cc2)c(Oc2ccc(CF)cc2)c(=C(C#N)C#N)c2ccccc12. The maximum absolute atomic E-state index is 13.1. The summed E-state index contributed by atoms with van der Waals surface area (Å²) in [7, 11) is 0. The lowest BCUT2D eigenvalue weighted by molar-refractivity contribution is 0.414. The van der Waals surface area contributed by atoms with E-state index < -0.39 is 13.3 Å². The molecule has 0 saturated heterocycles. The maximum Gasteiger partial charge on any atom is 0.180 e. The monoisotopic (exact) mass is 502 g/mol. The summed E-state index contributed by atoms with van der Waals surface area (Å²) < 4.78 is 38.5. The van der Waals surface area contributed by atoms with Crippen LogP contribution in [0.25, 0.3) is 21.9 Å².